The minimum Gasteiger partial charge on any atom is -0.478 e. The molecule has 2 heterocycles. The average molecular weight is 356 g/mol. The van der Waals surface area contributed by atoms with Crippen molar-refractivity contribution >= 4 is 17.4 Å². The van der Waals surface area contributed by atoms with Crippen LogP contribution in [0.3, 0.4) is 0 Å². The minimum atomic E-state index is -0.560. The quantitative estimate of drug-likeness (QED) is 0.761. The number of rotatable bonds is 5. The molecule has 26 heavy (non-hydrogen) atoms. The molecule has 0 bridgehead atoms. The van der Waals surface area contributed by atoms with Gasteiger partial charge in [0.2, 0.25) is 0 Å². The summed E-state index contributed by atoms with van der Waals surface area (Å²) in [6.07, 6.45) is -0.151. The number of carbonyl (C=O) groups is 2. The van der Waals surface area contributed by atoms with E-state index < -0.39 is 6.10 Å². The molecule has 1 aromatic heterocycles. The van der Waals surface area contributed by atoms with E-state index in [9.17, 15) is 9.59 Å². The zero-order valence-electron chi connectivity index (χ0n) is 15.8. The van der Waals surface area contributed by atoms with Gasteiger partial charge in [0, 0.05) is 17.5 Å². The van der Waals surface area contributed by atoms with Crippen LogP contribution in [-0.4, -0.2) is 23.0 Å². The van der Waals surface area contributed by atoms with Crippen molar-refractivity contribution in [1.82, 2.24) is 5.16 Å². The molecule has 0 spiro atoms. The minimum absolute atomic E-state index is 0.0276. The predicted molar refractivity (Wildman–Crippen MR) is 97.5 cm³/mol. The summed E-state index contributed by atoms with van der Waals surface area (Å²) in [5.74, 6) is 1.24. The second-order valence-electron chi connectivity index (χ2n) is 6.97. The Balaban J connectivity index is 2.08. The van der Waals surface area contributed by atoms with Crippen LogP contribution >= 0.6 is 0 Å². The Kier molecular flexibility index (Phi) is 4.85. The van der Waals surface area contributed by atoms with Crippen LogP contribution in [0.1, 0.15) is 54.6 Å². The van der Waals surface area contributed by atoms with Crippen molar-refractivity contribution < 1.29 is 18.8 Å². The van der Waals surface area contributed by atoms with E-state index in [0.717, 1.165) is 11.3 Å². The third-order valence-corrected chi connectivity index (χ3v) is 4.76. The van der Waals surface area contributed by atoms with E-state index in [-0.39, 0.29) is 17.6 Å². The van der Waals surface area contributed by atoms with Crippen LogP contribution in [0.4, 0.5) is 5.69 Å². The van der Waals surface area contributed by atoms with E-state index >= 15 is 0 Å². The van der Waals surface area contributed by atoms with Crippen LogP contribution in [0.5, 0.6) is 5.75 Å². The molecule has 6 nitrogen and oxygen atoms in total. The maximum Gasteiger partial charge on any atom is 0.268 e. The van der Waals surface area contributed by atoms with Crippen molar-refractivity contribution in [2.24, 2.45) is 5.92 Å². The van der Waals surface area contributed by atoms with Gasteiger partial charge in [0.15, 0.2) is 11.9 Å². The van der Waals surface area contributed by atoms with E-state index in [4.69, 9.17) is 9.26 Å². The van der Waals surface area contributed by atoms with Gasteiger partial charge >= 0.3 is 0 Å². The standard InChI is InChI=1S/C20H24N2O4/c1-6-17(23)14-7-8-18-16(9-14)22(20(24)19(25-18)11(2)3)10-15-12(4)21-26-13(15)5/h7-9,11,19H,6,10H2,1-5H3. The molecule has 0 fully saturated rings. The number of aryl methyl sites for hydroxylation is 2. The Labute approximate surface area is 153 Å². The normalized spacial score (nSPS) is 16.6. The molecular formula is C20H24N2O4. The summed E-state index contributed by atoms with van der Waals surface area (Å²) in [6.45, 7) is 9.75. The number of benzene rings is 1. The summed E-state index contributed by atoms with van der Waals surface area (Å²) >= 11 is 0. The molecule has 0 saturated carbocycles. The zero-order valence-corrected chi connectivity index (χ0v) is 15.8. The summed E-state index contributed by atoms with van der Waals surface area (Å²) in [5.41, 5.74) is 2.83. The highest BCUT2D eigenvalue weighted by Crippen LogP contribution is 2.38. The molecule has 3 rings (SSSR count). The topological polar surface area (TPSA) is 72.6 Å². The predicted octanol–water partition coefficient (Wildman–Crippen LogP) is 3.83. The molecule has 0 radical (unpaired) electrons. The van der Waals surface area contributed by atoms with E-state index in [0.29, 0.717) is 35.7 Å². The van der Waals surface area contributed by atoms with Gasteiger partial charge in [-0.3, -0.25) is 9.59 Å². The van der Waals surface area contributed by atoms with Crippen molar-refractivity contribution in [3.63, 3.8) is 0 Å². The fourth-order valence-electron chi connectivity index (χ4n) is 3.14. The molecule has 6 heteroatoms. The van der Waals surface area contributed by atoms with Crippen molar-refractivity contribution in [3.05, 3.63) is 40.8 Å². The highest BCUT2D eigenvalue weighted by atomic mass is 16.5. The van der Waals surface area contributed by atoms with E-state index in [1.165, 1.54) is 0 Å². The lowest BCUT2D eigenvalue weighted by Gasteiger charge is -2.36. The van der Waals surface area contributed by atoms with Gasteiger partial charge in [-0.25, -0.2) is 0 Å². The number of ketones is 1. The molecule has 2 aromatic rings. The van der Waals surface area contributed by atoms with Crippen LogP contribution in [0, 0.1) is 19.8 Å². The lowest BCUT2D eigenvalue weighted by atomic mass is 10.0. The van der Waals surface area contributed by atoms with Gasteiger partial charge in [0.1, 0.15) is 11.5 Å². The van der Waals surface area contributed by atoms with E-state index in [1.807, 2.05) is 34.6 Å². The molecule has 0 saturated heterocycles. The number of ether oxygens (including phenoxy) is 1. The summed E-state index contributed by atoms with van der Waals surface area (Å²) in [5, 5.41) is 3.98. The number of Topliss-reactive ketones (excluding diaryl/α,β-unsaturated/α-hetero) is 1. The number of hydrogen-bond donors (Lipinski definition) is 0. The number of aromatic nitrogens is 1. The molecule has 1 atom stereocenters. The van der Waals surface area contributed by atoms with Crippen molar-refractivity contribution in [1.29, 1.82) is 0 Å². The molecule has 1 amide bonds. The van der Waals surface area contributed by atoms with Crippen LogP contribution in [0.25, 0.3) is 0 Å². The van der Waals surface area contributed by atoms with Gasteiger partial charge in [0.05, 0.1) is 17.9 Å². The third-order valence-electron chi connectivity index (χ3n) is 4.76. The van der Waals surface area contributed by atoms with Gasteiger partial charge in [-0.2, -0.15) is 0 Å². The van der Waals surface area contributed by atoms with Gasteiger partial charge in [0.25, 0.3) is 5.91 Å². The van der Waals surface area contributed by atoms with Gasteiger partial charge < -0.3 is 14.2 Å². The molecular weight excluding hydrogens is 332 g/mol. The van der Waals surface area contributed by atoms with Crippen molar-refractivity contribution in [3.8, 4) is 5.75 Å². The number of amides is 1. The average Bonchev–Trinajstić information content (AvgIpc) is 2.94. The Morgan fingerprint density at radius 1 is 1.31 bits per heavy atom. The summed E-state index contributed by atoms with van der Waals surface area (Å²) in [6, 6.07) is 5.28. The zero-order chi connectivity index (χ0) is 19.0. The maximum absolute atomic E-state index is 13.1. The number of anilines is 1. The fourth-order valence-corrected chi connectivity index (χ4v) is 3.14. The van der Waals surface area contributed by atoms with E-state index in [1.54, 1.807) is 23.1 Å². The van der Waals surface area contributed by atoms with Gasteiger partial charge in [-0.05, 0) is 38.0 Å². The Morgan fingerprint density at radius 3 is 2.62 bits per heavy atom. The van der Waals surface area contributed by atoms with Gasteiger partial charge in [-0.1, -0.05) is 25.9 Å². The monoisotopic (exact) mass is 356 g/mol. The van der Waals surface area contributed by atoms with Crippen LogP contribution in [0.15, 0.2) is 22.7 Å². The summed E-state index contributed by atoms with van der Waals surface area (Å²) in [4.78, 5) is 26.9. The molecule has 1 unspecified atom stereocenters. The number of hydrogen-bond acceptors (Lipinski definition) is 5. The lowest BCUT2D eigenvalue weighted by molar-refractivity contribution is -0.128. The first-order valence-corrected chi connectivity index (χ1v) is 8.90. The highest BCUT2D eigenvalue weighted by molar-refractivity contribution is 6.03. The number of fused-ring (bicyclic) bond motifs is 1. The SMILES string of the molecule is CCC(=O)c1ccc2c(c1)N(Cc1c(C)noc1C)C(=O)C(C(C)C)O2. The smallest absolute Gasteiger partial charge is 0.268 e. The molecule has 1 aliphatic heterocycles. The number of carbonyl (C=O) groups excluding carboxylic acids is 2. The number of nitrogens with zero attached hydrogens (tertiary/aromatic N) is 2. The first kappa shape index (κ1) is 18.2. The van der Waals surface area contributed by atoms with Crippen LogP contribution in [-0.2, 0) is 11.3 Å². The Morgan fingerprint density at radius 2 is 2.04 bits per heavy atom. The van der Waals surface area contributed by atoms with Crippen LogP contribution < -0.4 is 9.64 Å². The molecule has 1 aromatic carbocycles. The van der Waals surface area contributed by atoms with Gasteiger partial charge in [-0.15, -0.1) is 0 Å². The molecule has 138 valence electrons. The Bertz CT molecular complexity index is 834. The van der Waals surface area contributed by atoms with Crippen LogP contribution in [0.2, 0.25) is 0 Å². The molecule has 1 aliphatic rings. The van der Waals surface area contributed by atoms with Crippen molar-refractivity contribution in [2.45, 2.75) is 53.7 Å². The molecule has 0 N–H and O–H groups in total. The van der Waals surface area contributed by atoms with E-state index in [2.05, 4.69) is 5.16 Å². The molecule has 0 aliphatic carbocycles. The summed E-state index contributed by atoms with van der Waals surface area (Å²) in [7, 11) is 0. The Hall–Kier alpha value is -2.63. The first-order chi connectivity index (χ1) is 12.3. The largest absolute Gasteiger partial charge is 0.478 e. The fraction of sp³-hybridized carbons (Fsp3) is 0.450. The maximum atomic E-state index is 13.1. The lowest BCUT2D eigenvalue weighted by Crippen LogP contribution is -2.48. The second kappa shape index (κ2) is 6.94. The first-order valence-electron chi connectivity index (χ1n) is 8.90. The van der Waals surface area contributed by atoms with Crippen molar-refractivity contribution in [2.75, 3.05) is 4.90 Å². The second-order valence-corrected chi connectivity index (χ2v) is 6.97. The highest BCUT2D eigenvalue weighted by Gasteiger charge is 2.37. The summed E-state index contributed by atoms with van der Waals surface area (Å²) < 4.78 is 11.2. The third kappa shape index (κ3) is 3.11.